The molecule has 0 unspecified atom stereocenters. The van der Waals surface area contributed by atoms with Crippen LogP contribution in [0.3, 0.4) is 0 Å². The lowest BCUT2D eigenvalue weighted by Gasteiger charge is -1.98. The molecule has 2 rings (SSSR count). The highest BCUT2D eigenvalue weighted by Crippen LogP contribution is 2.22. The van der Waals surface area contributed by atoms with Gasteiger partial charge in [0.1, 0.15) is 18.0 Å². The standard InChI is InChI=1S/C7H8N2O3/c1-4-6-5(12-9-4)2-3-11-7(10)8-6/h2-3H2,1H3,(H,8,10). The fourth-order valence-electron chi connectivity index (χ4n) is 1.12. The second-order valence-electron chi connectivity index (χ2n) is 2.58. The first-order valence-electron chi connectivity index (χ1n) is 3.66. The second-order valence-corrected chi connectivity index (χ2v) is 2.58. The van der Waals surface area contributed by atoms with Crippen LogP contribution in [0.25, 0.3) is 0 Å². The molecule has 0 radical (unpaired) electrons. The number of aromatic nitrogens is 1. The summed E-state index contributed by atoms with van der Waals surface area (Å²) in [6, 6.07) is 0. The zero-order valence-corrected chi connectivity index (χ0v) is 6.59. The van der Waals surface area contributed by atoms with Gasteiger partial charge in [-0.15, -0.1) is 0 Å². The Hall–Kier alpha value is -1.52. The summed E-state index contributed by atoms with van der Waals surface area (Å²) in [5.74, 6) is 0.679. The van der Waals surface area contributed by atoms with Gasteiger partial charge in [-0.25, -0.2) is 4.79 Å². The summed E-state index contributed by atoms with van der Waals surface area (Å²) in [5, 5.41) is 6.28. The summed E-state index contributed by atoms with van der Waals surface area (Å²) in [7, 11) is 0. The van der Waals surface area contributed by atoms with Gasteiger partial charge in [0, 0.05) is 6.42 Å². The maximum absolute atomic E-state index is 10.9. The molecule has 1 amide bonds. The molecule has 0 aliphatic carbocycles. The van der Waals surface area contributed by atoms with E-state index in [9.17, 15) is 4.79 Å². The molecule has 5 nitrogen and oxygen atoms in total. The predicted octanol–water partition coefficient (Wildman–Crippen LogP) is 1.09. The van der Waals surface area contributed by atoms with Gasteiger partial charge in [0.25, 0.3) is 0 Å². The van der Waals surface area contributed by atoms with Gasteiger partial charge in [-0.2, -0.15) is 0 Å². The van der Waals surface area contributed by atoms with E-state index in [-0.39, 0.29) is 0 Å². The van der Waals surface area contributed by atoms with Crippen LogP contribution in [0.2, 0.25) is 0 Å². The number of hydrogen-bond donors (Lipinski definition) is 1. The third-order valence-electron chi connectivity index (χ3n) is 1.72. The van der Waals surface area contributed by atoms with Crippen molar-refractivity contribution in [2.24, 2.45) is 0 Å². The van der Waals surface area contributed by atoms with Crippen LogP contribution in [0.15, 0.2) is 4.52 Å². The van der Waals surface area contributed by atoms with Gasteiger partial charge >= 0.3 is 6.09 Å². The van der Waals surface area contributed by atoms with Crippen molar-refractivity contribution in [2.45, 2.75) is 13.3 Å². The molecule has 0 aromatic carbocycles. The molecule has 1 aliphatic heterocycles. The molecule has 12 heavy (non-hydrogen) atoms. The topological polar surface area (TPSA) is 64.4 Å². The van der Waals surface area contributed by atoms with Gasteiger partial charge in [0.15, 0.2) is 5.76 Å². The first-order valence-corrected chi connectivity index (χ1v) is 3.66. The summed E-state index contributed by atoms with van der Waals surface area (Å²) in [5.41, 5.74) is 1.33. The highest BCUT2D eigenvalue weighted by Gasteiger charge is 2.19. The average Bonchev–Trinajstić information content (AvgIpc) is 2.31. The van der Waals surface area contributed by atoms with E-state index in [0.717, 1.165) is 0 Å². The maximum Gasteiger partial charge on any atom is 0.411 e. The number of anilines is 1. The molecule has 1 aromatic heterocycles. The number of cyclic esters (lactones) is 1. The number of aryl methyl sites for hydroxylation is 1. The Morgan fingerprint density at radius 1 is 1.58 bits per heavy atom. The van der Waals surface area contributed by atoms with Crippen LogP contribution >= 0.6 is 0 Å². The Bertz CT molecular complexity index is 318. The Morgan fingerprint density at radius 2 is 2.42 bits per heavy atom. The summed E-state index contributed by atoms with van der Waals surface area (Å²) in [6.07, 6.45) is 0.134. The molecule has 1 N–H and O–H groups in total. The number of hydrogen-bond acceptors (Lipinski definition) is 4. The minimum atomic E-state index is -0.444. The van der Waals surface area contributed by atoms with E-state index >= 15 is 0 Å². The smallest absolute Gasteiger partial charge is 0.411 e. The van der Waals surface area contributed by atoms with E-state index in [2.05, 4.69) is 10.5 Å². The number of fused-ring (bicyclic) bond motifs is 1. The van der Waals surface area contributed by atoms with E-state index in [1.165, 1.54) is 0 Å². The molecular formula is C7H8N2O3. The van der Waals surface area contributed by atoms with Gasteiger partial charge < -0.3 is 9.26 Å². The van der Waals surface area contributed by atoms with Crippen molar-refractivity contribution in [3.8, 4) is 0 Å². The van der Waals surface area contributed by atoms with Gasteiger partial charge in [-0.1, -0.05) is 5.16 Å². The van der Waals surface area contributed by atoms with Crippen LogP contribution in [-0.2, 0) is 11.2 Å². The fraction of sp³-hybridized carbons (Fsp3) is 0.429. The molecule has 1 aliphatic rings. The molecule has 64 valence electrons. The second kappa shape index (κ2) is 2.51. The van der Waals surface area contributed by atoms with E-state index < -0.39 is 6.09 Å². The van der Waals surface area contributed by atoms with Crippen LogP contribution in [-0.4, -0.2) is 17.9 Å². The van der Waals surface area contributed by atoms with Crippen molar-refractivity contribution in [3.63, 3.8) is 0 Å². The lowest BCUT2D eigenvalue weighted by Crippen LogP contribution is -2.11. The van der Waals surface area contributed by atoms with Crippen molar-refractivity contribution in [1.29, 1.82) is 0 Å². The van der Waals surface area contributed by atoms with Crippen molar-refractivity contribution in [2.75, 3.05) is 11.9 Å². The molecule has 2 heterocycles. The van der Waals surface area contributed by atoms with Crippen molar-refractivity contribution in [1.82, 2.24) is 5.16 Å². The molecule has 0 saturated carbocycles. The highest BCUT2D eigenvalue weighted by atomic mass is 16.6. The van der Waals surface area contributed by atoms with Crippen LogP contribution < -0.4 is 5.32 Å². The van der Waals surface area contributed by atoms with Gasteiger partial charge in [0.05, 0.1) is 0 Å². The summed E-state index contributed by atoms with van der Waals surface area (Å²) >= 11 is 0. The summed E-state index contributed by atoms with van der Waals surface area (Å²) in [4.78, 5) is 10.9. The van der Waals surface area contributed by atoms with Crippen molar-refractivity contribution < 1.29 is 14.1 Å². The zero-order valence-electron chi connectivity index (χ0n) is 6.59. The van der Waals surface area contributed by atoms with Crippen molar-refractivity contribution in [3.05, 3.63) is 11.5 Å². The number of amides is 1. The average molecular weight is 168 g/mol. The Morgan fingerprint density at radius 3 is 3.25 bits per heavy atom. The lowest BCUT2D eigenvalue weighted by atomic mass is 10.2. The van der Waals surface area contributed by atoms with E-state index in [4.69, 9.17) is 9.26 Å². The number of ether oxygens (including phenoxy) is 1. The zero-order chi connectivity index (χ0) is 8.55. The Labute approximate surface area is 68.7 Å². The Kier molecular flexibility index (Phi) is 1.49. The largest absolute Gasteiger partial charge is 0.449 e. The van der Waals surface area contributed by atoms with E-state index in [0.29, 0.717) is 30.2 Å². The summed E-state index contributed by atoms with van der Waals surface area (Å²) in [6.45, 7) is 2.11. The van der Waals surface area contributed by atoms with Crippen LogP contribution in [0.1, 0.15) is 11.5 Å². The SMILES string of the molecule is Cc1noc2c1NC(=O)OCC2. The monoisotopic (exact) mass is 168 g/mol. The highest BCUT2D eigenvalue weighted by molar-refractivity contribution is 5.86. The number of carbonyl (C=O) groups excluding carboxylic acids is 1. The van der Waals surface area contributed by atoms with Crippen LogP contribution in [0.4, 0.5) is 10.5 Å². The molecule has 1 aromatic rings. The third-order valence-corrected chi connectivity index (χ3v) is 1.72. The molecular weight excluding hydrogens is 160 g/mol. The predicted molar refractivity (Wildman–Crippen MR) is 39.9 cm³/mol. The van der Waals surface area contributed by atoms with Gasteiger partial charge in [-0.3, -0.25) is 5.32 Å². The molecule has 0 atom stereocenters. The van der Waals surface area contributed by atoms with E-state index in [1.54, 1.807) is 6.92 Å². The number of carbonyl (C=O) groups is 1. The quantitative estimate of drug-likeness (QED) is 0.629. The lowest BCUT2D eigenvalue weighted by molar-refractivity contribution is 0.162. The molecule has 0 spiro atoms. The minimum absolute atomic E-state index is 0.341. The number of rotatable bonds is 0. The fourth-order valence-corrected chi connectivity index (χ4v) is 1.12. The van der Waals surface area contributed by atoms with Gasteiger partial charge in [0.2, 0.25) is 0 Å². The first kappa shape index (κ1) is 7.15. The minimum Gasteiger partial charge on any atom is -0.449 e. The molecule has 5 heteroatoms. The van der Waals surface area contributed by atoms with Crippen LogP contribution in [0, 0.1) is 6.92 Å². The number of nitrogens with zero attached hydrogens (tertiary/aromatic N) is 1. The van der Waals surface area contributed by atoms with Crippen molar-refractivity contribution >= 4 is 11.8 Å². The molecule has 0 bridgehead atoms. The Balaban J connectivity index is 2.40. The number of nitrogens with one attached hydrogen (secondary N) is 1. The third kappa shape index (κ3) is 1.03. The maximum atomic E-state index is 10.9. The molecule has 0 fully saturated rings. The van der Waals surface area contributed by atoms with Crippen LogP contribution in [0.5, 0.6) is 0 Å². The van der Waals surface area contributed by atoms with E-state index in [1.807, 2.05) is 0 Å². The summed E-state index contributed by atoms with van der Waals surface area (Å²) < 4.78 is 9.73. The van der Waals surface area contributed by atoms with Gasteiger partial charge in [-0.05, 0) is 6.92 Å². The molecule has 0 saturated heterocycles. The first-order chi connectivity index (χ1) is 5.77. The normalized spacial score (nSPS) is 15.9.